The van der Waals surface area contributed by atoms with Crippen molar-refractivity contribution in [3.63, 3.8) is 0 Å². The third kappa shape index (κ3) is 3.76. The lowest BCUT2D eigenvalue weighted by Gasteiger charge is -2.35. The van der Waals surface area contributed by atoms with E-state index in [2.05, 4.69) is 50.4 Å². The number of benzene rings is 1. The molecule has 1 atom stereocenters. The highest BCUT2D eigenvalue weighted by Crippen LogP contribution is 2.18. The molecule has 0 spiro atoms. The number of hydrogen-bond donors (Lipinski definition) is 2. The molecule has 1 aromatic rings. The number of likely N-dealkylation sites (N-methyl/N-ethyl adjacent to an activating group) is 1. The molecular weight excluding hydrogens is 292 g/mol. The van der Waals surface area contributed by atoms with Crippen LogP contribution >= 0.6 is 15.9 Å². The van der Waals surface area contributed by atoms with Gasteiger partial charge < -0.3 is 10.6 Å². The summed E-state index contributed by atoms with van der Waals surface area (Å²) < 4.78 is 1.10. The average Bonchev–Trinajstić information content (AvgIpc) is 2.38. The standard InChI is InChI=1S/C13H21BrN4/c1-17-5-7-18(8-6-17)16-13(10-15)11-3-2-4-12(14)9-11/h2-4,9,13,16H,5-8,10,15H2,1H3. The van der Waals surface area contributed by atoms with E-state index in [0.29, 0.717) is 6.54 Å². The van der Waals surface area contributed by atoms with E-state index in [1.165, 1.54) is 5.56 Å². The minimum atomic E-state index is 0.186. The van der Waals surface area contributed by atoms with Crippen molar-refractivity contribution in [1.29, 1.82) is 0 Å². The van der Waals surface area contributed by atoms with Crippen molar-refractivity contribution in [3.05, 3.63) is 34.3 Å². The topological polar surface area (TPSA) is 44.5 Å². The second-order valence-electron chi connectivity index (χ2n) is 4.76. The summed E-state index contributed by atoms with van der Waals surface area (Å²) in [5.41, 5.74) is 10.6. The summed E-state index contributed by atoms with van der Waals surface area (Å²) in [6.07, 6.45) is 0. The Kier molecular flexibility index (Phi) is 5.14. The lowest BCUT2D eigenvalue weighted by molar-refractivity contribution is 0.0880. The van der Waals surface area contributed by atoms with Crippen LogP contribution in [0.2, 0.25) is 0 Å². The van der Waals surface area contributed by atoms with Crippen LogP contribution in [0.3, 0.4) is 0 Å². The molecule has 1 heterocycles. The molecule has 1 aliphatic rings. The number of hydrogen-bond acceptors (Lipinski definition) is 4. The van der Waals surface area contributed by atoms with Gasteiger partial charge in [-0.05, 0) is 24.7 Å². The Morgan fingerprint density at radius 3 is 2.67 bits per heavy atom. The summed E-state index contributed by atoms with van der Waals surface area (Å²) in [5.74, 6) is 0. The largest absolute Gasteiger partial charge is 0.329 e. The van der Waals surface area contributed by atoms with E-state index < -0.39 is 0 Å². The predicted molar refractivity (Wildman–Crippen MR) is 78.1 cm³/mol. The quantitative estimate of drug-likeness (QED) is 0.877. The van der Waals surface area contributed by atoms with Gasteiger partial charge in [-0.2, -0.15) is 0 Å². The van der Waals surface area contributed by atoms with Gasteiger partial charge in [-0.25, -0.2) is 10.4 Å². The van der Waals surface area contributed by atoms with Gasteiger partial charge in [0, 0.05) is 37.2 Å². The maximum Gasteiger partial charge on any atom is 0.0587 e. The second-order valence-corrected chi connectivity index (χ2v) is 5.68. The summed E-state index contributed by atoms with van der Waals surface area (Å²) in [7, 11) is 2.16. The summed E-state index contributed by atoms with van der Waals surface area (Å²) in [4.78, 5) is 2.34. The maximum atomic E-state index is 5.88. The minimum Gasteiger partial charge on any atom is -0.329 e. The fourth-order valence-corrected chi connectivity index (χ4v) is 2.56. The van der Waals surface area contributed by atoms with Crippen LogP contribution in [0, 0.1) is 0 Å². The summed E-state index contributed by atoms with van der Waals surface area (Å²) in [5, 5.41) is 2.28. The first kappa shape index (κ1) is 14.0. The molecule has 1 aliphatic heterocycles. The molecule has 4 nitrogen and oxygen atoms in total. The highest BCUT2D eigenvalue weighted by Gasteiger charge is 2.17. The number of nitrogens with one attached hydrogen (secondary N) is 1. The van der Waals surface area contributed by atoms with Crippen molar-refractivity contribution < 1.29 is 0 Å². The van der Waals surface area contributed by atoms with Crippen molar-refractivity contribution in [1.82, 2.24) is 15.3 Å². The van der Waals surface area contributed by atoms with E-state index in [0.717, 1.165) is 30.7 Å². The fourth-order valence-electron chi connectivity index (χ4n) is 2.14. The van der Waals surface area contributed by atoms with Gasteiger partial charge in [-0.3, -0.25) is 0 Å². The van der Waals surface area contributed by atoms with Crippen molar-refractivity contribution in [2.24, 2.45) is 5.73 Å². The van der Waals surface area contributed by atoms with Crippen LogP contribution in [-0.2, 0) is 0 Å². The Morgan fingerprint density at radius 1 is 1.33 bits per heavy atom. The molecule has 18 heavy (non-hydrogen) atoms. The predicted octanol–water partition coefficient (Wildman–Crippen LogP) is 1.20. The molecule has 1 unspecified atom stereocenters. The molecule has 5 heteroatoms. The normalized spacial score (nSPS) is 19.9. The van der Waals surface area contributed by atoms with Crippen molar-refractivity contribution >= 4 is 15.9 Å². The Hall–Kier alpha value is -0.460. The molecule has 2 rings (SSSR count). The highest BCUT2D eigenvalue weighted by atomic mass is 79.9. The third-order valence-electron chi connectivity index (χ3n) is 3.33. The molecule has 3 N–H and O–H groups in total. The lowest BCUT2D eigenvalue weighted by atomic mass is 10.1. The molecule has 0 radical (unpaired) electrons. The van der Waals surface area contributed by atoms with Crippen LogP contribution in [0.5, 0.6) is 0 Å². The van der Waals surface area contributed by atoms with E-state index in [-0.39, 0.29) is 6.04 Å². The van der Waals surface area contributed by atoms with Gasteiger partial charge in [0.05, 0.1) is 6.04 Å². The Morgan fingerprint density at radius 2 is 2.06 bits per heavy atom. The van der Waals surface area contributed by atoms with Gasteiger partial charge in [-0.1, -0.05) is 28.1 Å². The SMILES string of the molecule is CN1CCN(NC(CN)c2cccc(Br)c2)CC1. The molecular formula is C13H21BrN4. The van der Waals surface area contributed by atoms with Gasteiger partial charge in [0.2, 0.25) is 0 Å². The first-order chi connectivity index (χ1) is 8.69. The van der Waals surface area contributed by atoms with Crippen molar-refractivity contribution in [2.75, 3.05) is 39.8 Å². The number of nitrogens with zero attached hydrogens (tertiary/aromatic N) is 2. The van der Waals surface area contributed by atoms with Crippen molar-refractivity contribution in [2.45, 2.75) is 6.04 Å². The van der Waals surface area contributed by atoms with Crippen LogP contribution in [0.15, 0.2) is 28.7 Å². The number of halogens is 1. The third-order valence-corrected chi connectivity index (χ3v) is 3.82. The lowest BCUT2D eigenvalue weighted by Crippen LogP contribution is -2.52. The number of nitrogens with two attached hydrogens (primary N) is 1. The second kappa shape index (κ2) is 6.63. The Labute approximate surface area is 117 Å². The van der Waals surface area contributed by atoms with Gasteiger partial charge in [-0.15, -0.1) is 0 Å². The summed E-state index contributed by atoms with van der Waals surface area (Å²) in [6.45, 7) is 4.89. The van der Waals surface area contributed by atoms with Gasteiger partial charge in [0.15, 0.2) is 0 Å². The molecule has 0 bridgehead atoms. The van der Waals surface area contributed by atoms with Gasteiger partial charge >= 0.3 is 0 Å². The molecule has 1 fully saturated rings. The average molecular weight is 313 g/mol. The monoisotopic (exact) mass is 312 g/mol. The zero-order chi connectivity index (χ0) is 13.0. The van der Waals surface area contributed by atoms with Crippen LogP contribution in [0.25, 0.3) is 0 Å². The van der Waals surface area contributed by atoms with E-state index in [9.17, 15) is 0 Å². The molecule has 0 aliphatic carbocycles. The summed E-state index contributed by atoms with van der Waals surface area (Å²) >= 11 is 3.50. The number of hydrazine groups is 1. The molecule has 0 amide bonds. The van der Waals surface area contributed by atoms with Crippen LogP contribution in [0.4, 0.5) is 0 Å². The molecule has 1 aromatic carbocycles. The molecule has 0 saturated carbocycles. The molecule has 0 aromatic heterocycles. The van der Waals surface area contributed by atoms with Gasteiger partial charge in [0.25, 0.3) is 0 Å². The van der Waals surface area contributed by atoms with Crippen LogP contribution in [0.1, 0.15) is 11.6 Å². The Balaban J connectivity index is 1.97. The van der Waals surface area contributed by atoms with Crippen molar-refractivity contribution in [3.8, 4) is 0 Å². The zero-order valence-electron chi connectivity index (χ0n) is 10.8. The smallest absolute Gasteiger partial charge is 0.0587 e. The maximum absolute atomic E-state index is 5.88. The van der Waals surface area contributed by atoms with E-state index in [1.54, 1.807) is 0 Å². The van der Waals surface area contributed by atoms with E-state index >= 15 is 0 Å². The van der Waals surface area contributed by atoms with E-state index in [4.69, 9.17) is 5.73 Å². The van der Waals surface area contributed by atoms with Gasteiger partial charge in [0.1, 0.15) is 0 Å². The fraction of sp³-hybridized carbons (Fsp3) is 0.538. The molecule has 100 valence electrons. The van der Waals surface area contributed by atoms with Crippen LogP contribution < -0.4 is 11.2 Å². The minimum absolute atomic E-state index is 0.186. The number of piperazine rings is 1. The summed E-state index contributed by atoms with van der Waals surface area (Å²) in [6, 6.07) is 8.51. The van der Waals surface area contributed by atoms with Crippen LogP contribution in [-0.4, -0.2) is 49.7 Å². The number of rotatable bonds is 4. The first-order valence-electron chi connectivity index (χ1n) is 6.34. The van der Waals surface area contributed by atoms with E-state index in [1.807, 2.05) is 12.1 Å². The molecule has 1 saturated heterocycles. The Bertz CT molecular complexity index is 377. The zero-order valence-corrected chi connectivity index (χ0v) is 12.4. The first-order valence-corrected chi connectivity index (χ1v) is 7.13. The highest BCUT2D eigenvalue weighted by molar-refractivity contribution is 9.10.